The molecule has 0 unspecified atom stereocenters. The number of halogens is 1. The highest BCUT2D eigenvalue weighted by atomic mass is 19.1. The van der Waals surface area contributed by atoms with Gasteiger partial charge in [0.2, 0.25) is 5.91 Å². The number of hydrogen-bond acceptors (Lipinski definition) is 3. The van der Waals surface area contributed by atoms with Crippen LogP contribution in [0.15, 0.2) is 18.2 Å². The highest BCUT2D eigenvalue weighted by Crippen LogP contribution is 2.20. The van der Waals surface area contributed by atoms with E-state index in [1.54, 1.807) is 0 Å². The maximum atomic E-state index is 13.5. The average molecular weight is 296 g/mol. The Hall–Kier alpha value is -2.44. The third-order valence-electron chi connectivity index (χ3n) is 3.19. The highest BCUT2D eigenvalue weighted by Gasteiger charge is 2.35. The predicted molar refractivity (Wildman–Crippen MR) is 74.5 cm³/mol. The maximum absolute atomic E-state index is 13.5. The van der Waals surface area contributed by atoms with Crippen molar-refractivity contribution in [2.24, 2.45) is 0 Å². The first-order valence-electron chi connectivity index (χ1n) is 6.16. The number of nitrogens with one attached hydrogen (secondary N) is 1. The molecular formula is C14H17FN2O4. The van der Waals surface area contributed by atoms with Crippen molar-refractivity contribution in [1.82, 2.24) is 4.90 Å². The third-order valence-corrected chi connectivity index (χ3v) is 3.19. The second-order valence-corrected chi connectivity index (χ2v) is 5.10. The zero-order valence-corrected chi connectivity index (χ0v) is 12.2. The van der Waals surface area contributed by atoms with Crippen LogP contribution in [-0.4, -0.2) is 40.4 Å². The van der Waals surface area contributed by atoms with Crippen LogP contribution in [0.2, 0.25) is 0 Å². The normalized spacial score (nSPS) is 10.9. The van der Waals surface area contributed by atoms with Crippen LogP contribution in [0.4, 0.5) is 10.1 Å². The van der Waals surface area contributed by atoms with E-state index in [4.69, 9.17) is 5.11 Å². The molecule has 1 aromatic carbocycles. The molecule has 0 atom stereocenters. The molecule has 114 valence electrons. The minimum absolute atomic E-state index is 0.0805. The largest absolute Gasteiger partial charge is 0.480 e. The zero-order chi connectivity index (χ0) is 16.4. The number of carbonyl (C=O) groups excluding carboxylic acids is 2. The summed E-state index contributed by atoms with van der Waals surface area (Å²) in [5, 5.41) is 11.4. The van der Waals surface area contributed by atoms with Crippen molar-refractivity contribution in [3.63, 3.8) is 0 Å². The first kappa shape index (κ1) is 16.6. The van der Waals surface area contributed by atoms with E-state index in [9.17, 15) is 18.8 Å². The monoisotopic (exact) mass is 296 g/mol. The number of rotatable bonds is 4. The lowest BCUT2D eigenvalue weighted by atomic mass is 10.0. The third kappa shape index (κ3) is 3.56. The summed E-state index contributed by atoms with van der Waals surface area (Å²) >= 11 is 0. The SMILES string of the molecule is CC(=O)Nc1cc(C(=O)N(C)C(C)(C)C(=O)O)ccc1F. The van der Waals surface area contributed by atoms with E-state index in [1.165, 1.54) is 40.0 Å². The van der Waals surface area contributed by atoms with E-state index in [0.29, 0.717) is 0 Å². The van der Waals surface area contributed by atoms with Gasteiger partial charge in [0.1, 0.15) is 11.4 Å². The molecule has 0 aliphatic carbocycles. The quantitative estimate of drug-likeness (QED) is 0.885. The Morgan fingerprint density at radius 1 is 1.29 bits per heavy atom. The molecule has 1 aromatic rings. The van der Waals surface area contributed by atoms with Crippen LogP contribution in [0.5, 0.6) is 0 Å². The number of anilines is 1. The highest BCUT2D eigenvalue weighted by molar-refractivity contribution is 5.99. The van der Waals surface area contributed by atoms with Crippen LogP contribution in [0.1, 0.15) is 31.1 Å². The van der Waals surface area contributed by atoms with Gasteiger partial charge >= 0.3 is 5.97 Å². The lowest BCUT2D eigenvalue weighted by molar-refractivity contribution is -0.147. The van der Waals surface area contributed by atoms with Crippen LogP contribution < -0.4 is 5.32 Å². The summed E-state index contributed by atoms with van der Waals surface area (Å²) in [6.07, 6.45) is 0. The molecule has 0 radical (unpaired) electrons. The zero-order valence-electron chi connectivity index (χ0n) is 12.2. The Kier molecular flexibility index (Phi) is 4.67. The summed E-state index contributed by atoms with van der Waals surface area (Å²) in [4.78, 5) is 35.4. The van der Waals surface area contributed by atoms with Gasteiger partial charge in [-0.3, -0.25) is 9.59 Å². The van der Waals surface area contributed by atoms with E-state index in [0.717, 1.165) is 11.0 Å². The van der Waals surface area contributed by atoms with Crippen molar-refractivity contribution < 1.29 is 23.9 Å². The second kappa shape index (κ2) is 5.90. The molecule has 0 saturated carbocycles. The summed E-state index contributed by atoms with van der Waals surface area (Å²) in [7, 11) is 1.35. The topological polar surface area (TPSA) is 86.7 Å². The van der Waals surface area contributed by atoms with Crippen LogP contribution >= 0.6 is 0 Å². The smallest absolute Gasteiger partial charge is 0.329 e. The van der Waals surface area contributed by atoms with Crippen LogP contribution in [0.3, 0.4) is 0 Å². The molecule has 2 N–H and O–H groups in total. The fourth-order valence-electron chi connectivity index (χ4n) is 1.53. The van der Waals surface area contributed by atoms with Gasteiger partial charge in [0.05, 0.1) is 5.69 Å². The molecule has 0 aromatic heterocycles. The molecule has 0 heterocycles. The van der Waals surface area contributed by atoms with E-state index in [1.807, 2.05) is 0 Å². The number of carbonyl (C=O) groups is 3. The van der Waals surface area contributed by atoms with Gasteiger partial charge < -0.3 is 15.3 Å². The van der Waals surface area contributed by atoms with Gasteiger partial charge in [-0.05, 0) is 32.0 Å². The summed E-state index contributed by atoms with van der Waals surface area (Å²) < 4.78 is 13.5. The van der Waals surface area contributed by atoms with E-state index < -0.39 is 29.1 Å². The Balaban J connectivity index is 3.14. The van der Waals surface area contributed by atoms with Gasteiger partial charge in [0, 0.05) is 19.5 Å². The molecular weight excluding hydrogens is 279 g/mol. The van der Waals surface area contributed by atoms with Crippen LogP contribution in [0, 0.1) is 5.82 Å². The second-order valence-electron chi connectivity index (χ2n) is 5.10. The summed E-state index contributed by atoms with van der Waals surface area (Å²) in [6.45, 7) is 3.98. The van der Waals surface area contributed by atoms with Crippen molar-refractivity contribution in [3.8, 4) is 0 Å². The van der Waals surface area contributed by atoms with Crippen molar-refractivity contribution >= 4 is 23.5 Å². The molecule has 6 nitrogen and oxygen atoms in total. The number of amides is 2. The average Bonchev–Trinajstić information content (AvgIpc) is 2.38. The van der Waals surface area contributed by atoms with E-state index >= 15 is 0 Å². The summed E-state index contributed by atoms with van der Waals surface area (Å²) in [6, 6.07) is 3.45. The van der Waals surface area contributed by atoms with Gasteiger partial charge in [-0.25, -0.2) is 9.18 Å². The van der Waals surface area contributed by atoms with Crippen molar-refractivity contribution in [3.05, 3.63) is 29.6 Å². The Morgan fingerprint density at radius 3 is 2.33 bits per heavy atom. The minimum atomic E-state index is -1.42. The molecule has 21 heavy (non-hydrogen) atoms. The summed E-state index contributed by atoms with van der Waals surface area (Å²) in [5.74, 6) is -2.91. The van der Waals surface area contributed by atoms with Gasteiger partial charge in [-0.1, -0.05) is 0 Å². The Morgan fingerprint density at radius 2 is 1.86 bits per heavy atom. The first-order valence-corrected chi connectivity index (χ1v) is 6.16. The van der Waals surface area contributed by atoms with Gasteiger partial charge in [-0.2, -0.15) is 0 Å². The number of nitrogens with zero attached hydrogens (tertiary/aromatic N) is 1. The van der Waals surface area contributed by atoms with Crippen LogP contribution in [0.25, 0.3) is 0 Å². The number of carboxylic acid groups (broad SMARTS) is 1. The maximum Gasteiger partial charge on any atom is 0.329 e. The van der Waals surface area contributed by atoms with Crippen LogP contribution in [-0.2, 0) is 9.59 Å². The Labute approximate surface area is 121 Å². The number of aliphatic carboxylic acids is 1. The molecule has 0 spiro atoms. The number of benzene rings is 1. The van der Waals surface area contributed by atoms with Crippen molar-refractivity contribution in [2.75, 3.05) is 12.4 Å². The fraction of sp³-hybridized carbons (Fsp3) is 0.357. The molecule has 0 bridgehead atoms. The lowest BCUT2D eigenvalue weighted by Gasteiger charge is -2.31. The number of likely N-dealkylation sites (N-methyl/N-ethyl adjacent to an activating group) is 1. The number of carboxylic acids is 1. The minimum Gasteiger partial charge on any atom is -0.480 e. The number of hydrogen-bond donors (Lipinski definition) is 2. The molecule has 0 fully saturated rings. The van der Waals surface area contributed by atoms with Crippen molar-refractivity contribution in [1.29, 1.82) is 0 Å². The molecule has 2 amide bonds. The standard InChI is InChI=1S/C14H17FN2O4/c1-8(18)16-11-7-9(5-6-10(11)15)12(19)17(4)14(2,3)13(20)21/h5-7H,1-4H3,(H,16,18)(H,20,21). The lowest BCUT2D eigenvalue weighted by Crippen LogP contribution is -2.50. The molecule has 1 rings (SSSR count). The molecule has 7 heteroatoms. The summed E-state index contributed by atoms with van der Waals surface area (Å²) in [5.41, 5.74) is -1.47. The van der Waals surface area contributed by atoms with E-state index in [-0.39, 0.29) is 11.3 Å². The van der Waals surface area contributed by atoms with Gasteiger partial charge in [0.25, 0.3) is 5.91 Å². The first-order chi connectivity index (χ1) is 9.57. The Bertz CT molecular complexity index is 599. The van der Waals surface area contributed by atoms with Gasteiger partial charge in [0.15, 0.2) is 0 Å². The molecule has 0 aliphatic rings. The fourth-order valence-corrected chi connectivity index (χ4v) is 1.53. The van der Waals surface area contributed by atoms with E-state index in [2.05, 4.69) is 5.32 Å². The molecule has 0 aliphatic heterocycles. The van der Waals surface area contributed by atoms with Gasteiger partial charge in [-0.15, -0.1) is 0 Å². The molecule has 0 saturated heterocycles. The predicted octanol–water partition coefficient (Wildman–Crippen LogP) is 1.72. The van der Waals surface area contributed by atoms with Crippen molar-refractivity contribution in [2.45, 2.75) is 26.3 Å².